The molecule has 6 atom stereocenters. The van der Waals surface area contributed by atoms with Crippen LogP contribution in [0.5, 0.6) is 5.75 Å². The molecule has 0 radical (unpaired) electrons. The van der Waals surface area contributed by atoms with Gasteiger partial charge in [0.15, 0.2) is 14.6 Å². The Labute approximate surface area is 183 Å². The van der Waals surface area contributed by atoms with E-state index in [0.29, 0.717) is 6.61 Å². The van der Waals surface area contributed by atoms with Gasteiger partial charge in [-0.15, -0.1) is 0 Å². The Morgan fingerprint density at radius 1 is 1.13 bits per heavy atom. The normalized spacial score (nSPS) is 25.4. The summed E-state index contributed by atoms with van der Waals surface area (Å²) in [7, 11) is -0.204. The highest BCUT2D eigenvalue weighted by Crippen LogP contribution is 2.37. The zero-order chi connectivity index (χ0) is 22.3. The third-order valence-electron chi connectivity index (χ3n) is 6.83. The summed E-state index contributed by atoms with van der Waals surface area (Å²) in [6.45, 7) is 13.6. The third-order valence-corrected chi connectivity index (χ3v) is 11.5. The summed E-state index contributed by atoms with van der Waals surface area (Å²) in [6.07, 6.45) is 0.426. The summed E-state index contributed by atoms with van der Waals surface area (Å²) in [6, 6.07) is 11.0. The van der Waals surface area contributed by atoms with E-state index < -0.39 is 14.6 Å². The molecule has 0 N–H and O–H groups in total. The largest absolute Gasteiger partial charge is 0.497 e. The molecule has 1 aliphatic rings. The molecule has 0 saturated carbocycles. The molecule has 0 bridgehead atoms. The summed E-state index contributed by atoms with van der Waals surface area (Å²) in [5, 5.41) is 0. The van der Waals surface area contributed by atoms with E-state index in [0.717, 1.165) is 35.7 Å². The van der Waals surface area contributed by atoms with Gasteiger partial charge in [-0.2, -0.15) is 0 Å². The maximum atomic E-state index is 11.8. The van der Waals surface area contributed by atoms with Gasteiger partial charge in [0, 0.05) is 23.3 Å². The fourth-order valence-corrected chi connectivity index (χ4v) is 7.48. The Balaban J connectivity index is 2.23. The van der Waals surface area contributed by atoms with Crippen molar-refractivity contribution in [2.75, 3.05) is 13.7 Å². The lowest BCUT2D eigenvalue weighted by Crippen LogP contribution is -2.50. The maximum Gasteiger partial charge on any atom is 0.192 e. The van der Waals surface area contributed by atoms with Crippen LogP contribution in [0.1, 0.15) is 53.4 Å². The SMILES string of the molecule is CC[Si](CC)(CC)OC(C(C)C1OC(c2ccc(OC)cc2)OCC1C)[C@@H](C)C=O. The van der Waals surface area contributed by atoms with E-state index in [4.69, 9.17) is 18.6 Å². The minimum Gasteiger partial charge on any atom is -0.497 e. The molecule has 1 saturated heterocycles. The number of hydrogen-bond acceptors (Lipinski definition) is 5. The molecular formula is C24H40O5Si. The highest BCUT2D eigenvalue weighted by atomic mass is 28.4. The van der Waals surface area contributed by atoms with E-state index in [9.17, 15) is 4.79 Å². The van der Waals surface area contributed by atoms with Gasteiger partial charge in [0.25, 0.3) is 0 Å². The quantitative estimate of drug-likeness (QED) is 0.333. The number of ether oxygens (including phenoxy) is 3. The van der Waals surface area contributed by atoms with Crippen LogP contribution in [-0.2, 0) is 18.7 Å². The number of benzene rings is 1. The molecule has 1 fully saturated rings. The first kappa shape index (κ1) is 25.1. The standard InChI is InChI=1S/C24H40O5Si/c1-8-30(9-2,10-3)29-23(17(4)15-25)19(6)22-18(5)16-27-24(28-22)20-11-13-21(26-7)14-12-20/h11-15,17-19,22-24H,8-10,16H2,1-7H3/t17-,18?,19?,22?,23?,24?/m0/s1. The number of hydrogen-bond donors (Lipinski definition) is 0. The van der Waals surface area contributed by atoms with Crippen LogP contribution in [0, 0.1) is 17.8 Å². The first-order chi connectivity index (χ1) is 14.3. The Kier molecular flexibility index (Phi) is 9.53. The van der Waals surface area contributed by atoms with Crippen molar-refractivity contribution in [1.82, 2.24) is 0 Å². The number of aldehydes is 1. The molecule has 1 aromatic rings. The van der Waals surface area contributed by atoms with Crippen LogP contribution in [0.2, 0.25) is 18.1 Å². The van der Waals surface area contributed by atoms with Crippen LogP contribution in [0.4, 0.5) is 0 Å². The van der Waals surface area contributed by atoms with Crippen LogP contribution >= 0.6 is 0 Å². The third kappa shape index (κ3) is 5.72. The molecule has 0 aliphatic carbocycles. The minimum absolute atomic E-state index is 0.0458. The van der Waals surface area contributed by atoms with Crippen molar-refractivity contribution in [2.24, 2.45) is 17.8 Å². The smallest absolute Gasteiger partial charge is 0.192 e. The van der Waals surface area contributed by atoms with Crippen LogP contribution in [0.15, 0.2) is 24.3 Å². The van der Waals surface area contributed by atoms with Crippen LogP contribution < -0.4 is 4.74 Å². The molecule has 170 valence electrons. The molecule has 2 rings (SSSR count). The van der Waals surface area contributed by atoms with E-state index in [1.54, 1.807) is 7.11 Å². The number of carbonyl (C=O) groups excluding carboxylic acids is 1. The summed E-state index contributed by atoms with van der Waals surface area (Å²) < 4.78 is 24.6. The van der Waals surface area contributed by atoms with Crippen molar-refractivity contribution in [3.05, 3.63) is 29.8 Å². The summed E-state index contributed by atoms with van der Waals surface area (Å²) in [5.41, 5.74) is 0.972. The predicted molar refractivity (Wildman–Crippen MR) is 122 cm³/mol. The van der Waals surface area contributed by atoms with Crippen LogP contribution in [0.25, 0.3) is 0 Å². The van der Waals surface area contributed by atoms with Crippen molar-refractivity contribution in [3.8, 4) is 5.75 Å². The Morgan fingerprint density at radius 2 is 1.73 bits per heavy atom. The molecule has 1 aromatic carbocycles. The molecule has 0 aromatic heterocycles. The molecule has 1 aliphatic heterocycles. The van der Waals surface area contributed by atoms with Gasteiger partial charge in [-0.1, -0.05) is 53.7 Å². The number of methoxy groups -OCH3 is 1. The number of rotatable bonds is 11. The second-order valence-electron chi connectivity index (χ2n) is 8.70. The lowest BCUT2D eigenvalue weighted by molar-refractivity contribution is -0.256. The first-order valence-electron chi connectivity index (χ1n) is 11.4. The Hall–Kier alpha value is -1.21. The van der Waals surface area contributed by atoms with Crippen molar-refractivity contribution in [3.63, 3.8) is 0 Å². The zero-order valence-electron chi connectivity index (χ0n) is 19.7. The van der Waals surface area contributed by atoms with Gasteiger partial charge in [-0.3, -0.25) is 0 Å². The minimum atomic E-state index is -1.86. The lowest BCUT2D eigenvalue weighted by Gasteiger charge is -2.44. The van der Waals surface area contributed by atoms with Crippen molar-refractivity contribution in [1.29, 1.82) is 0 Å². The van der Waals surface area contributed by atoms with E-state index in [2.05, 4.69) is 34.6 Å². The lowest BCUT2D eigenvalue weighted by atomic mass is 9.84. The summed E-state index contributed by atoms with van der Waals surface area (Å²) in [5.74, 6) is 0.942. The monoisotopic (exact) mass is 436 g/mol. The van der Waals surface area contributed by atoms with Crippen molar-refractivity contribution >= 4 is 14.6 Å². The van der Waals surface area contributed by atoms with Gasteiger partial charge in [-0.05, 0) is 30.3 Å². The van der Waals surface area contributed by atoms with E-state index in [1.165, 1.54) is 0 Å². The molecule has 0 spiro atoms. The number of carbonyl (C=O) groups is 1. The van der Waals surface area contributed by atoms with Gasteiger partial charge >= 0.3 is 0 Å². The maximum absolute atomic E-state index is 11.8. The average Bonchev–Trinajstić information content (AvgIpc) is 2.80. The van der Waals surface area contributed by atoms with Crippen LogP contribution in [0.3, 0.4) is 0 Å². The van der Waals surface area contributed by atoms with Crippen LogP contribution in [-0.4, -0.2) is 40.5 Å². The van der Waals surface area contributed by atoms with E-state index >= 15 is 0 Å². The van der Waals surface area contributed by atoms with Gasteiger partial charge < -0.3 is 23.4 Å². The van der Waals surface area contributed by atoms with Gasteiger partial charge in [0.1, 0.15) is 12.0 Å². The zero-order valence-corrected chi connectivity index (χ0v) is 20.7. The Morgan fingerprint density at radius 3 is 2.23 bits per heavy atom. The second-order valence-corrected chi connectivity index (χ2v) is 13.4. The second kappa shape index (κ2) is 11.4. The van der Waals surface area contributed by atoms with Crippen molar-refractivity contribution < 1.29 is 23.4 Å². The van der Waals surface area contributed by atoms with Crippen molar-refractivity contribution in [2.45, 2.75) is 78.2 Å². The summed E-state index contributed by atoms with van der Waals surface area (Å²) >= 11 is 0. The average molecular weight is 437 g/mol. The van der Waals surface area contributed by atoms with Gasteiger partial charge in [0.05, 0.1) is 25.9 Å². The molecule has 1 heterocycles. The molecule has 5 unspecified atom stereocenters. The van der Waals surface area contributed by atoms with E-state index in [1.807, 2.05) is 31.2 Å². The fraction of sp³-hybridized carbons (Fsp3) is 0.708. The highest BCUT2D eigenvalue weighted by Gasteiger charge is 2.42. The molecule has 5 nitrogen and oxygen atoms in total. The topological polar surface area (TPSA) is 54.0 Å². The first-order valence-corrected chi connectivity index (χ1v) is 13.9. The molecular weight excluding hydrogens is 396 g/mol. The molecule has 0 amide bonds. The summed E-state index contributed by atoms with van der Waals surface area (Å²) in [4.78, 5) is 11.8. The van der Waals surface area contributed by atoms with E-state index in [-0.39, 0.29) is 30.0 Å². The highest BCUT2D eigenvalue weighted by molar-refractivity contribution is 6.73. The molecule has 6 heteroatoms. The fourth-order valence-electron chi connectivity index (χ4n) is 4.47. The predicted octanol–water partition coefficient (Wildman–Crippen LogP) is 5.61. The Bertz CT molecular complexity index is 637. The molecule has 30 heavy (non-hydrogen) atoms. The van der Waals surface area contributed by atoms with Gasteiger partial charge in [-0.25, -0.2) is 0 Å². The van der Waals surface area contributed by atoms with Gasteiger partial charge in [0.2, 0.25) is 0 Å².